The van der Waals surface area contributed by atoms with E-state index in [1.54, 1.807) is 0 Å². The first-order valence-corrected chi connectivity index (χ1v) is 6.81. The summed E-state index contributed by atoms with van der Waals surface area (Å²) < 4.78 is 37.2. The highest BCUT2D eigenvalue weighted by atomic mass is 35.5. The quantitative estimate of drug-likeness (QED) is 0.870. The number of hydrogen-bond donors (Lipinski definition) is 1. The van der Waals surface area contributed by atoms with Crippen LogP contribution < -0.4 is 5.32 Å². The maximum atomic E-state index is 12.4. The van der Waals surface area contributed by atoms with Crippen molar-refractivity contribution >= 4 is 17.5 Å². The van der Waals surface area contributed by atoms with Gasteiger partial charge in [-0.1, -0.05) is 12.8 Å². The summed E-state index contributed by atoms with van der Waals surface area (Å²) in [6, 6.07) is 1.93. The molecule has 1 aliphatic carbocycles. The Morgan fingerprint density at radius 1 is 1.35 bits per heavy atom. The number of carbonyl (C=O) groups excluding carboxylic acids is 1. The van der Waals surface area contributed by atoms with Crippen LogP contribution in [0.15, 0.2) is 18.3 Å². The summed E-state index contributed by atoms with van der Waals surface area (Å²) in [5, 5.41) is 2.80. The van der Waals surface area contributed by atoms with Gasteiger partial charge in [0.2, 0.25) is 0 Å². The second kappa shape index (κ2) is 5.60. The number of halogens is 4. The Hall–Kier alpha value is -1.30. The predicted molar refractivity (Wildman–Crippen MR) is 68.6 cm³/mol. The highest BCUT2D eigenvalue weighted by molar-refractivity contribution is 6.19. The second-order valence-corrected chi connectivity index (χ2v) is 5.27. The van der Waals surface area contributed by atoms with Gasteiger partial charge >= 0.3 is 6.18 Å². The molecular weight excluding hydrogens is 293 g/mol. The monoisotopic (exact) mass is 306 g/mol. The normalized spacial score (nSPS) is 18.0. The van der Waals surface area contributed by atoms with Gasteiger partial charge < -0.3 is 5.32 Å². The highest BCUT2D eigenvalue weighted by Crippen LogP contribution is 2.31. The van der Waals surface area contributed by atoms with Crippen LogP contribution in [0.1, 0.15) is 41.7 Å². The van der Waals surface area contributed by atoms with E-state index < -0.39 is 23.2 Å². The van der Waals surface area contributed by atoms with Gasteiger partial charge in [0.1, 0.15) is 5.69 Å². The van der Waals surface area contributed by atoms with Crippen molar-refractivity contribution in [3.63, 3.8) is 0 Å². The first kappa shape index (κ1) is 15.1. The molecule has 1 aromatic rings. The highest BCUT2D eigenvalue weighted by Gasteiger charge is 2.35. The molecule has 1 aliphatic rings. The summed E-state index contributed by atoms with van der Waals surface area (Å²) in [7, 11) is 0. The number of amides is 1. The van der Waals surface area contributed by atoms with E-state index in [4.69, 9.17) is 11.6 Å². The molecule has 20 heavy (non-hydrogen) atoms. The lowest BCUT2D eigenvalue weighted by molar-refractivity contribution is -0.137. The zero-order valence-corrected chi connectivity index (χ0v) is 11.4. The molecule has 0 aliphatic heterocycles. The van der Waals surface area contributed by atoms with Crippen LogP contribution in [0.25, 0.3) is 0 Å². The van der Waals surface area contributed by atoms with E-state index in [2.05, 4.69) is 10.3 Å². The lowest BCUT2D eigenvalue weighted by Gasteiger charge is -2.27. The Bertz CT molecular complexity index is 481. The van der Waals surface area contributed by atoms with Crippen LogP contribution in [0.3, 0.4) is 0 Å². The third-order valence-electron chi connectivity index (χ3n) is 3.52. The molecule has 0 unspecified atom stereocenters. The largest absolute Gasteiger partial charge is 0.417 e. The van der Waals surface area contributed by atoms with E-state index in [-0.39, 0.29) is 5.69 Å². The molecule has 0 radical (unpaired) electrons. The van der Waals surface area contributed by atoms with Gasteiger partial charge in [-0.25, -0.2) is 0 Å². The lowest BCUT2D eigenvalue weighted by atomic mass is 10.00. The Morgan fingerprint density at radius 3 is 2.45 bits per heavy atom. The van der Waals surface area contributed by atoms with Gasteiger partial charge in [-0.2, -0.15) is 13.2 Å². The maximum absolute atomic E-state index is 12.4. The number of nitrogens with zero attached hydrogens (tertiary/aromatic N) is 1. The Morgan fingerprint density at radius 2 is 2.00 bits per heavy atom. The number of hydrogen-bond acceptors (Lipinski definition) is 2. The molecular formula is C13H14ClF3N2O. The molecule has 1 amide bonds. The molecule has 1 saturated carbocycles. The van der Waals surface area contributed by atoms with Crippen molar-refractivity contribution in [3.8, 4) is 0 Å². The van der Waals surface area contributed by atoms with Crippen molar-refractivity contribution in [1.82, 2.24) is 10.3 Å². The van der Waals surface area contributed by atoms with Gasteiger partial charge in [-0.05, 0) is 25.0 Å². The number of carbonyl (C=O) groups is 1. The summed E-state index contributed by atoms with van der Waals surface area (Å²) in [4.78, 5) is 15.6. The average molecular weight is 307 g/mol. The van der Waals surface area contributed by atoms with Gasteiger partial charge in [0, 0.05) is 12.1 Å². The Balaban J connectivity index is 2.10. The van der Waals surface area contributed by atoms with Gasteiger partial charge in [0.25, 0.3) is 5.91 Å². The standard InChI is InChI=1S/C13H14ClF3N2O/c14-8-12(5-1-2-6-12)19-11(20)10-4-3-9(7-18-10)13(15,16)17/h3-4,7H,1-2,5-6,8H2,(H,19,20). The fourth-order valence-electron chi connectivity index (χ4n) is 2.34. The van der Waals surface area contributed by atoms with Crippen LogP contribution in [0.4, 0.5) is 13.2 Å². The number of pyridine rings is 1. The molecule has 1 N–H and O–H groups in total. The molecule has 1 heterocycles. The summed E-state index contributed by atoms with van der Waals surface area (Å²) in [6.45, 7) is 0. The number of alkyl halides is 4. The van der Waals surface area contributed by atoms with E-state index in [1.807, 2.05) is 0 Å². The minimum Gasteiger partial charge on any atom is -0.344 e. The molecule has 3 nitrogen and oxygen atoms in total. The molecule has 2 rings (SSSR count). The van der Waals surface area contributed by atoms with E-state index in [0.717, 1.165) is 37.8 Å². The first-order valence-electron chi connectivity index (χ1n) is 6.28. The molecule has 0 atom stereocenters. The predicted octanol–water partition coefficient (Wildman–Crippen LogP) is 3.38. The fourth-order valence-corrected chi connectivity index (χ4v) is 2.68. The molecule has 0 bridgehead atoms. The Labute approximate surface area is 119 Å². The molecule has 110 valence electrons. The molecule has 1 fully saturated rings. The lowest BCUT2D eigenvalue weighted by Crippen LogP contribution is -2.48. The minimum absolute atomic E-state index is 0.0330. The van der Waals surface area contributed by atoms with Gasteiger partial charge in [0.15, 0.2) is 0 Å². The van der Waals surface area contributed by atoms with E-state index in [0.29, 0.717) is 12.1 Å². The van der Waals surface area contributed by atoms with Crippen LogP contribution in [0, 0.1) is 0 Å². The van der Waals surface area contributed by atoms with Gasteiger partial charge in [0.05, 0.1) is 11.1 Å². The molecule has 0 saturated heterocycles. The SMILES string of the molecule is O=C(NC1(CCl)CCCC1)c1ccc(C(F)(F)F)cn1. The second-order valence-electron chi connectivity index (χ2n) is 5.01. The van der Waals surface area contributed by atoms with Crippen molar-refractivity contribution in [2.24, 2.45) is 0 Å². The molecule has 0 aromatic carbocycles. The van der Waals surface area contributed by atoms with Crippen molar-refractivity contribution < 1.29 is 18.0 Å². The summed E-state index contributed by atoms with van der Waals surface area (Å²) >= 11 is 5.90. The maximum Gasteiger partial charge on any atom is 0.417 e. The van der Waals surface area contributed by atoms with Crippen LogP contribution in [0.5, 0.6) is 0 Å². The van der Waals surface area contributed by atoms with Gasteiger partial charge in [-0.3, -0.25) is 9.78 Å². The molecule has 7 heteroatoms. The Kier molecular flexibility index (Phi) is 4.22. The summed E-state index contributed by atoms with van der Waals surface area (Å²) in [6.07, 6.45) is -0.269. The van der Waals surface area contributed by atoms with Crippen LogP contribution in [-0.2, 0) is 6.18 Å². The van der Waals surface area contributed by atoms with Crippen molar-refractivity contribution in [2.45, 2.75) is 37.4 Å². The fraction of sp³-hybridized carbons (Fsp3) is 0.538. The number of aromatic nitrogens is 1. The van der Waals surface area contributed by atoms with Crippen molar-refractivity contribution in [1.29, 1.82) is 0 Å². The first-order chi connectivity index (χ1) is 9.36. The van der Waals surface area contributed by atoms with E-state index >= 15 is 0 Å². The summed E-state index contributed by atoms with van der Waals surface area (Å²) in [5.41, 5.74) is -1.36. The topological polar surface area (TPSA) is 42.0 Å². The zero-order valence-electron chi connectivity index (χ0n) is 10.6. The van der Waals surface area contributed by atoms with Gasteiger partial charge in [-0.15, -0.1) is 11.6 Å². The van der Waals surface area contributed by atoms with E-state index in [1.165, 1.54) is 0 Å². The van der Waals surface area contributed by atoms with Crippen LogP contribution >= 0.6 is 11.6 Å². The van der Waals surface area contributed by atoms with Crippen molar-refractivity contribution in [2.75, 3.05) is 5.88 Å². The van der Waals surface area contributed by atoms with Crippen LogP contribution in [0.2, 0.25) is 0 Å². The smallest absolute Gasteiger partial charge is 0.344 e. The third-order valence-corrected chi connectivity index (χ3v) is 4.03. The average Bonchev–Trinajstić information content (AvgIpc) is 2.87. The summed E-state index contributed by atoms with van der Waals surface area (Å²) in [5.74, 6) is -0.194. The minimum atomic E-state index is -4.45. The third kappa shape index (κ3) is 3.23. The zero-order chi connectivity index (χ0) is 14.8. The van der Waals surface area contributed by atoms with Crippen LogP contribution in [-0.4, -0.2) is 22.3 Å². The number of nitrogens with one attached hydrogen (secondary N) is 1. The molecule has 0 spiro atoms. The van der Waals surface area contributed by atoms with Crippen molar-refractivity contribution in [3.05, 3.63) is 29.6 Å². The van der Waals surface area contributed by atoms with E-state index in [9.17, 15) is 18.0 Å². The molecule has 1 aromatic heterocycles. The number of rotatable bonds is 3.